The number of benzene rings is 2. The molecule has 0 heterocycles. The Hall–Kier alpha value is -1.66. The maximum absolute atomic E-state index is 10.9. The number of rotatable bonds is 3. The molecule has 2 N–H and O–H groups in total. The van der Waals surface area contributed by atoms with Crippen molar-refractivity contribution < 1.29 is 19.8 Å². The summed E-state index contributed by atoms with van der Waals surface area (Å²) < 4.78 is -0.680. The topological polar surface area (TPSA) is 74.6 Å². The van der Waals surface area contributed by atoms with E-state index in [9.17, 15) is 9.59 Å². The van der Waals surface area contributed by atoms with Crippen LogP contribution < -0.4 is 0 Å². The first-order chi connectivity index (χ1) is 9.08. The lowest BCUT2D eigenvalue weighted by Crippen LogP contribution is -1.98. The van der Waals surface area contributed by atoms with E-state index in [1.54, 1.807) is 12.1 Å². The fourth-order valence-corrected chi connectivity index (χ4v) is 3.51. The third kappa shape index (κ3) is 3.42. The number of hydrogen-bond acceptors (Lipinski definition) is 4. The lowest BCUT2D eigenvalue weighted by Gasteiger charge is -2.14. The van der Waals surface area contributed by atoms with Crippen LogP contribution in [0.15, 0.2) is 42.5 Å². The van der Waals surface area contributed by atoms with Crippen LogP contribution in [0.25, 0.3) is 10.8 Å². The van der Waals surface area contributed by atoms with Gasteiger partial charge in [0.2, 0.25) is 0 Å². The lowest BCUT2D eigenvalue weighted by atomic mass is 10.1. The first-order valence-electron chi connectivity index (χ1n) is 5.35. The molecular weight excluding hydrogens is 284 g/mol. The van der Waals surface area contributed by atoms with E-state index in [1.165, 1.54) is 0 Å². The van der Waals surface area contributed by atoms with Gasteiger partial charge in [-0.2, -0.15) is 0 Å². The first kappa shape index (κ1) is 13.8. The summed E-state index contributed by atoms with van der Waals surface area (Å²) in [4.78, 5) is 21.7. The molecule has 0 unspecified atom stereocenters. The standard InChI is InChI=1S/C13H10O4S2/c14-12(15)18-11(19-13(16)17)10-7-3-5-8-4-1-2-6-9(8)10/h1-7,11H,(H,14,15)(H,16,17). The quantitative estimate of drug-likeness (QED) is 0.802. The van der Waals surface area contributed by atoms with Crippen molar-refractivity contribution in [3.05, 3.63) is 48.0 Å². The molecule has 0 saturated carbocycles. The molecule has 2 rings (SSSR count). The molecule has 2 aromatic carbocycles. The molecule has 6 heteroatoms. The molecule has 0 atom stereocenters. The summed E-state index contributed by atoms with van der Waals surface area (Å²) in [6.45, 7) is 0. The summed E-state index contributed by atoms with van der Waals surface area (Å²) in [7, 11) is 0. The molecule has 98 valence electrons. The van der Waals surface area contributed by atoms with Gasteiger partial charge in [0.1, 0.15) is 0 Å². The molecule has 2 aromatic rings. The van der Waals surface area contributed by atoms with Crippen LogP contribution in [-0.4, -0.2) is 20.8 Å². The van der Waals surface area contributed by atoms with Gasteiger partial charge in [-0.25, -0.2) is 9.59 Å². The molecule has 19 heavy (non-hydrogen) atoms. The van der Waals surface area contributed by atoms with Crippen molar-refractivity contribution in [3.8, 4) is 0 Å². The molecule has 0 aliphatic heterocycles. The zero-order valence-electron chi connectivity index (χ0n) is 9.65. The Kier molecular flexibility index (Phi) is 4.34. The number of fused-ring (bicyclic) bond motifs is 1. The van der Waals surface area contributed by atoms with Gasteiger partial charge in [0.05, 0.1) is 4.58 Å². The molecule has 0 amide bonds. The van der Waals surface area contributed by atoms with Crippen molar-refractivity contribution in [2.45, 2.75) is 4.58 Å². The summed E-state index contributed by atoms with van der Waals surface area (Å²) >= 11 is 1.19. The van der Waals surface area contributed by atoms with Gasteiger partial charge in [0.25, 0.3) is 0 Å². The molecule has 0 fully saturated rings. The van der Waals surface area contributed by atoms with Gasteiger partial charge in [-0.15, -0.1) is 0 Å². The predicted octanol–water partition coefficient (Wildman–Crippen LogP) is 4.66. The molecule has 0 aliphatic carbocycles. The van der Waals surface area contributed by atoms with E-state index in [-0.39, 0.29) is 0 Å². The Morgan fingerprint density at radius 2 is 1.47 bits per heavy atom. The van der Waals surface area contributed by atoms with E-state index in [2.05, 4.69) is 0 Å². The van der Waals surface area contributed by atoms with E-state index in [0.717, 1.165) is 10.8 Å². The zero-order valence-corrected chi connectivity index (χ0v) is 11.3. The highest BCUT2D eigenvalue weighted by molar-refractivity contribution is 8.28. The lowest BCUT2D eigenvalue weighted by molar-refractivity contribution is 0.221. The second-order valence-corrected chi connectivity index (χ2v) is 6.08. The maximum atomic E-state index is 10.9. The molecule has 0 saturated heterocycles. The van der Waals surface area contributed by atoms with Crippen molar-refractivity contribution in [1.82, 2.24) is 0 Å². The van der Waals surface area contributed by atoms with Gasteiger partial charge in [0, 0.05) is 0 Å². The van der Waals surface area contributed by atoms with E-state index in [1.807, 2.05) is 30.3 Å². The number of carbonyl (C=O) groups is 2. The van der Waals surface area contributed by atoms with E-state index >= 15 is 0 Å². The van der Waals surface area contributed by atoms with Crippen LogP contribution in [0, 0.1) is 0 Å². The minimum Gasteiger partial charge on any atom is -0.473 e. The van der Waals surface area contributed by atoms with Crippen molar-refractivity contribution in [1.29, 1.82) is 0 Å². The fraction of sp³-hybridized carbons (Fsp3) is 0.0769. The second kappa shape index (κ2) is 5.99. The molecule has 0 aliphatic rings. The molecule has 0 spiro atoms. The van der Waals surface area contributed by atoms with Crippen molar-refractivity contribution in [3.63, 3.8) is 0 Å². The maximum Gasteiger partial charge on any atom is 0.366 e. The van der Waals surface area contributed by atoms with Crippen LogP contribution in [0.4, 0.5) is 9.59 Å². The zero-order chi connectivity index (χ0) is 13.8. The Balaban J connectivity index is 2.48. The smallest absolute Gasteiger partial charge is 0.366 e. The average molecular weight is 294 g/mol. The van der Waals surface area contributed by atoms with Crippen LogP contribution >= 0.6 is 23.5 Å². The van der Waals surface area contributed by atoms with E-state index < -0.39 is 15.2 Å². The van der Waals surface area contributed by atoms with Crippen LogP contribution in [0.3, 0.4) is 0 Å². The van der Waals surface area contributed by atoms with Gasteiger partial charge in [-0.3, -0.25) is 0 Å². The number of hydrogen-bond donors (Lipinski definition) is 2. The molecule has 0 bridgehead atoms. The highest BCUT2D eigenvalue weighted by Crippen LogP contribution is 2.42. The minimum atomic E-state index is -1.09. The van der Waals surface area contributed by atoms with Gasteiger partial charge < -0.3 is 10.2 Å². The van der Waals surface area contributed by atoms with Gasteiger partial charge in [0.15, 0.2) is 0 Å². The monoisotopic (exact) mass is 294 g/mol. The Bertz CT molecular complexity index is 606. The fourth-order valence-electron chi connectivity index (χ4n) is 1.79. The summed E-state index contributed by atoms with van der Waals surface area (Å²) in [5, 5.41) is 17.4. The van der Waals surface area contributed by atoms with Crippen LogP contribution in [-0.2, 0) is 0 Å². The molecule has 4 nitrogen and oxygen atoms in total. The highest BCUT2D eigenvalue weighted by Gasteiger charge is 2.22. The summed E-state index contributed by atoms with van der Waals surface area (Å²) in [6, 6.07) is 13.0. The first-order valence-corrected chi connectivity index (χ1v) is 7.10. The summed E-state index contributed by atoms with van der Waals surface area (Å²) in [6.07, 6.45) is 0. The number of thioether (sulfide) groups is 2. The highest BCUT2D eigenvalue weighted by atomic mass is 32.2. The predicted molar refractivity (Wildman–Crippen MR) is 77.9 cm³/mol. The largest absolute Gasteiger partial charge is 0.473 e. The SMILES string of the molecule is O=C(O)SC(SC(=O)O)c1cccc2ccccc12. The van der Waals surface area contributed by atoms with Crippen molar-refractivity contribution in [2.24, 2.45) is 0 Å². The van der Waals surface area contributed by atoms with Crippen molar-refractivity contribution in [2.75, 3.05) is 0 Å². The third-order valence-electron chi connectivity index (χ3n) is 2.49. The van der Waals surface area contributed by atoms with Gasteiger partial charge in [-0.05, 0) is 39.9 Å². The third-order valence-corrected chi connectivity index (χ3v) is 4.41. The Morgan fingerprint density at radius 1 is 0.895 bits per heavy atom. The Labute approximate surface area is 117 Å². The van der Waals surface area contributed by atoms with E-state index in [4.69, 9.17) is 10.2 Å². The number of carboxylic acid groups (broad SMARTS) is 2. The van der Waals surface area contributed by atoms with Crippen LogP contribution in [0.1, 0.15) is 10.1 Å². The molecule has 0 radical (unpaired) electrons. The minimum absolute atomic E-state index is 0.595. The normalized spacial score (nSPS) is 10.8. The van der Waals surface area contributed by atoms with Gasteiger partial charge >= 0.3 is 10.6 Å². The Morgan fingerprint density at radius 3 is 2.11 bits per heavy atom. The average Bonchev–Trinajstić information content (AvgIpc) is 2.36. The van der Waals surface area contributed by atoms with E-state index in [0.29, 0.717) is 29.1 Å². The second-order valence-electron chi connectivity index (χ2n) is 3.67. The summed E-state index contributed by atoms with van der Waals surface area (Å²) in [5.41, 5.74) is 0.706. The van der Waals surface area contributed by atoms with Crippen molar-refractivity contribution >= 4 is 44.9 Å². The molecular formula is C13H10O4S2. The van der Waals surface area contributed by atoms with Gasteiger partial charge in [-0.1, -0.05) is 42.5 Å². The summed E-state index contributed by atoms with van der Waals surface area (Å²) in [5.74, 6) is 0. The molecule has 0 aromatic heterocycles. The van der Waals surface area contributed by atoms with Crippen LogP contribution in [0.2, 0.25) is 0 Å². The van der Waals surface area contributed by atoms with Crippen LogP contribution in [0.5, 0.6) is 0 Å².